The smallest absolute Gasteiger partial charge is 0.267 e. The predicted octanol–water partition coefficient (Wildman–Crippen LogP) is 4.69. The molecular formula is C19H14N4OS. The van der Waals surface area contributed by atoms with E-state index < -0.39 is 0 Å². The van der Waals surface area contributed by atoms with Gasteiger partial charge in [-0.25, -0.2) is 4.98 Å². The fourth-order valence-corrected chi connectivity index (χ4v) is 3.16. The lowest BCUT2D eigenvalue weighted by molar-refractivity contribution is 0.103. The SMILES string of the molecule is O=C(Nc1ccccc1)c1cnc(Nc2ccc3ncccc3c2)s1. The first kappa shape index (κ1) is 15.3. The molecule has 122 valence electrons. The molecular weight excluding hydrogens is 332 g/mol. The van der Waals surface area contributed by atoms with Gasteiger partial charge in [-0.1, -0.05) is 35.6 Å². The van der Waals surface area contributed by atoms with Gasteiger partial charge in [0.1, 0.15) is 4.88 Å². The Balaban J connectivity index is 1.49. The summed E-state index contributed by atoms with van der Waals surface area (Å²) in [7, 11) is 0. The molecule has 0 aliphatic carbocycles. The maximum atomic E-state index is 12.3. The van der Waals surface area contributed by atoms with Crippen LogP contribution in [0, 0.1) is 0 Å². The molecule has 0 aliphatic rings. The first-order valence-corrected chi connectivity index (χ1v) is 8.54. The molecule has 2 aromatic heterocycles. The molecule has 0 unspecified atom stereocenters. The summed E-state index contributed by atoms with van der Waals surface area (Å²) in [5, 5.41) is 7.81. The molecule has 4 rings (SSSR count). The van der Waals surface area contributed by atoms with Gasteiger partial charge in [0.15, 0.2) is 5.13 Å². The van der Waals surface area contributed by atoms with Gasteiger partial charge in [0.05, 0.1) is 11.7 Å². The van der Waals surface area contributed by atoms with E-state index in [1.165, 1.54) is 11.3 Å². The lowest BCUT2D eigenvalue weighted by atomic mass is 10.2. The van der Waals surface area contributed by atoms with Crippen molar-refractivity contribution in [2.24, 2.45) is 0 Å². The molecule has 4 aromatic rings. The molecule has 2 aromatic carbocycles. The highest BCUT2D eigenvalue weighted by Crippen LogP contribution is 2.25. The van der Waals surface area contributed by atoms with Gasteiger partial charge in [-0.05, 0) is 36.4 Å². The van der Waals surface area contributed by atoms with Crippen molar-refractivity contribution in [1.29, 1.82) is 0 Å². The van der Waals surface area contributed by atoms with Gasteiger partial charge >= 0.3 is 0 Å². The fourth-order valence-electron chi connectivity index (χ4n) is 2.43. The number of benzene rings is 2. The number of aromatic nitrogens is 2. The first-order chi connectivity index (χ1) is 12.3. The number of para-hydroxylation sites is 1. The van der Waals surface area contributed by atoms with E-state index in [1.807, 2.05) is 60.7 Å². The summed E-state index contributed by atoms with van der Waals surface area (Å²) in [6.45, 7) is 0. The van der Waals surface area contributed by atoms with Crippen LogP contribution < -0.4 is 10.6 Å². The van der Waals surface area contributed by atoms with Crippen LogP contribution in [0.2, 0.25) is 0 Å². The molecule has 1 amide bonds. The molecule has 0 bridgehead atoms. The van der Waals surface area contributed by atoms with Crippen LogP contribution in [0.1, 0.15) is 9.67 Å². The Morgan fingerprint density at radius 2 is 1.80 bits per heavy atom. The van der Waals surface area contributed by atoms with E-state index in [2.05, 4.69) is 20.6 Å². The summed E-state index contributed by atoms with van der Waals surface area (Å²) in [6, 6.07) is 19.2. The van der Waals surface area contributed by atoms with Gasteiger partial charge in [0.2, 0.25) is 0 Å². The Labute approximate surface area is 148 Å². The Morgan fingerprint density at radius 3 is 2.68 bits per heavy atom. The Morgan fingerprint density at radius 1 is 0.920 bits per heavy atom. The third-order valence-electron chi connectivity index (χ3n) is 3.62. The molecule has 0 fully saturated rings. The molecule has 6 heteroatoms. The van der Waals surface area contributed by atoms with Crippen LogP contribution in [0.25, 0.3) is 10.9 Å². The molecule has 25 heavy (non-hydrogen) atoms. The zero-order valence-electron chi connectivity index (χ0n) is 13.1. The molecule has 0 saturated carbocycles. The van der Waals surface area contributed by atoms with Gasteiger partial charge in [-0.2, -0.15) is 0 Å². The third kappa shape index (κ3) is 3.49. The molecule has 0 spiro atoms. The molecule has 0 radical (unpaired) electrons. The number of hydrogen-bond donors (Lipinski definition) is 2. The average Bonchev–Trinajstić information content (AvgIpc) is 3.11. The van der Waals surface area contributed by atoms with E-state index in [0.29, 0.717) is 10.0 Å². The van der Waals surface area contributed by atoms with E-state index in [0.717, 1.165) is 22.3 Å². The van der Waals surface area contributed by atoms with Crippen LogP contribution in [0.15, 0.2) is 73.1 Å². The molecule has 0 saturated heterocycles. The minimum atomic E-state index is -0.167. The number of nitrogens with one attached hydrogen (secondary N) is 2. The predicted molar refractivity (Wildman–Crippen MR) is 102 cm³/mol. The first-order valence-electron chi connectivity index (χ1n) is 7.72. The summed E-state index contributed by atoms with van der Waals surface area (Å²) < 4.78 is 0. The summed E-state index contributed by atoms with van der Waals surface area (Å²) >= 11 is 1.31. The average molecular weight is 346 g/mol. The van der Waals surface area contributed by atoms with Gasteiger partial charge in [-0.15, -0.1) is 0 Å². The van der Waals surface area contributed by atoms with Gasteiger partial charge in [-0.3, -0.25) is 9.78 Å². The Bertz CT molecular complexity index is 1030. The van der Waals surface area contributed by atoms with E-state index in [9.17, 15) is 4.79 Å². The standard InChI is InChI=1S/C19H14N4OS/c24-18(22-14-6-2-1-3-7-14)17-12-21-19(25-17)23-15-8-9-16-13(11-15)5-4-10-20-16/h1-12H,(H,21,23)(H,22,24). The third-order valence-corrected chi connectivity index (χ3v) is 4.53. The second-order valence-corrected chi connectivity index (χ2v) is 6.42. The molecule has 0 aliphatic heterocycles. The number of thiazole rings is 1. The van der Waals surface area contributed by atoms with E-state index >= 15 is 0 Å². The fraction of sp³-hybridized carbons (Fsp3) is 0. The highest BCUT2D eigenvalue weighted by Gasteiger charge is 2.11. The van der Waals surface area contributed by atoms with Crippen molar-refractivity contribution in [3.63, 3.8) is 0 Å². The molecule has 2 heterocycles. The van der Waals surface area contributed by atoms with Crippen molar-refractivity contribution in [2.75, 3.05) is 10.6 Å². The summed E-state index contributed by atoms with van der Waals surface area (Å²) in [5.74, 6) is -0.167. The summed E-state index contributed by atoms with van der Waals surface area (Å²) in [6.07, 6.45) is 3.35. The highest BCUT2D eigenvalue weighted by molar-refractivity contribution is 7.17. The lowest BCUT2D eigenvalue weighted by Gasteiger charge is -2.04. The summed E-state index contributed by atoms with van der Waals surface area (Å²) in [4.78, 5) is 21.4. The van der Waals surface area contributed by atoms with Crippen molar-refractivity contribution in [2.45, 2.75) is 0 Å². The number of carbonyl (C=O) groups excluding carboxylic acids is 1. The number of nitrogens with zero attached hydrogens (tertiary/aromatic N) is 2. The monoisotopic (exact) mass is 346 g/mol. The van der Waals surface area contributed by atoms with Crippen LogP contribution in [-0.2, 0) is 0 Å². The number of rotatable bonds is 4. The maximum absolute atomic E-state index is 12.3. The van der Waals surface area contributed by atoms with Crippen molar-refractivity contribution in [1.82, 2.24) is 9.97 Å². The second kappa shape index (κ2) is 6.70. The van der Waals surface area contributed by atoms with Gasteiger partial charge < -0.3 is 10.6 Å². The number of fused-ring (bicyclic) bond motifs is 1. The number of pyridine rings is 1. The largest absolute Gasteiger partial charge is 0.332 e. The van der Waals surface area contributed by atoms with Gasteiger partial charge in [0, 0.05) is 23.0 Å². The van der Waals surface area contributed by atoms with Crippen molar-refractivity contribution in [3.05, 3.63) is 77.9 Å². The summed E-state index contributed by atoms with van der Waals surface area (Å²) in [5.41, 5.74) is 2.61. The normalized spacial score (nSPS) is 10.6. The van der Waals surface area contributed by atoms with Crippen LogP contribution in [0.3, 0.4) is 0 Å². The van der Waals surface area contributed by atoms with Crippen molar-refractivity contribution in [3.8, 4) is 0 Å². The number of carbonyl (C=O) groups is 1. The quantitative estimate of drug-likeness (QED) is 0.563. The lowest BCUT2D eigenvalue weighted by Crippen LogP contribution is -2.09. The number of anilines is 3. The highest BCUT2D eigenvalue weighted by atomic mass is 32.1. The van der Waals surface area contributed by atoms with Gasteiger partial charge in [0.25, 0.3) is 5.91 Å². The Hall–Kier alpha value is -3.25. The van der Waals surface area contributed by atoms with E-state index in [4.69, 9.17) is 0 Å². The topological polar surface area (TPSA) is 66.9 Å². The van der Waals surface area contributed by atoms with E-state index in [-0.39, 0.29) is 5.91 Å². The second-order valence-electron chi connectivity index (χ2n) is 5.39. The number of amides is 1. The Kier molecular flexibility index (Phi) is 4.10. The number of hydrogen-bond acceptors (Lipinski definition) is 5. The van der Waals surface area contributed by atoms with Crippen LogP contribution in [0.4, 0.5) is 16.5 Å². The van der Waals surface area contributed by atoms with Crippen LogP contribution in [-0.4, -0.2) is 15.9 Å². The zero-order chi connectivity index (χ0) is 17.1. The van der Waals surface area contributed by atoms with Crippen LogP contribution in [0.5, 0.6) is 0 Å². The molecule has 2 N–H and O–H groups in total. The molecule has 5 nitrogen and oxygen atoms in total. The maximum Gasteiger partial charge on any atom is 0.267 e. The van der Waals surface area contributed by atoms with Crippen LogP contribution >= 0.6 is 11.3 Å². The van der Waals surface area contributed by atoms with Crippen molar-refractivity contribution >= 4 is 44.7 Å². The minimum absolute atomic E-state index is 0.167. The minimum Gasteiger partial charge on any atom is -0.332 e. The zero-order valence-corrected chi connectivity index (χ0v) is 14.0. The van der Waals surface area contributed by atoms with E-state index in [1.54, 1.807) is 12.4 Å². The van der Waals surface area contributed by atoms with Crippen molar-refractivity contribution < 1.29 is 4.79 Å². The molecule has 0 atom stereocenters.